The third-order valence-electron chi connectivity index (χ3n) is 5.85. The highest BCUT2D eigenvalue weighted by molar-refractivity contribution is 7.89. The zero-order chi connectivity index (χ0) is 21.4. The van der Waals surface area contributed by atoms with E-state index in [-0.39, 0.29) is 0 Å². The Morgan fingerprint density at radius 2 is 1.68 bits per heavy atom. The van der Waals surface area contributed by atoms with Crippen LogP contribution in [-0.4, -0.2) is 30.9 Å². The number of nitrogens with one attached hydrogen (secondary N) is 1. The van der Waals surface area contributed by atoms with Crippen molar-refractivity contribution in [2.75, 3.05) is 13.2 Å². The van der Waals surface area contributed by atoms with Gasteiger partial charge in [-0.2, -0.15) is 4.31 Å². The highest BCUT2D eigenvalue weighted by Gasteiger charge is 2.39. The molecule has 0 amide bonds. The van der Waals surface area contributed by atoms with E-state index in [1.807, 2.05) is 55.5 Å². The summed E-state index contributed by atoms with van der Waals surface area (Å²) in [6.07, 6.45) is 0.666. The molecule has 0 saturated heterocycles. The quantitative estimate of drug-likeness (QED) is 0.488. The normalized spacial score (nSPS) is 16.9. The van der Waals surface area contributed by atoms with Crippen molar-refractivity contribution in [2.24, 2.45) is 0 Å². The number of nitrogens with zero attached hydrogens (tertiary/aromatic N) is 1. The monoisotopic (exact) mass is 432 g/mol. The number of para-hydroxylation sites is 1. The van der Waals surface area contributed by atoms with Crippen molar-refractivity contribution in [3.05, 3.63) is 95.7 Å². The van der Waals surface area contributed by atoms with Gasteiger partial charge in [0.1, 0.15) is 5.75 Å². The minimum Gasteiger partial charge on any atom is -0.494 e. The highest BCUT2D eigenvalue weighted by Crippen LogP contribution is 2.41. The van der Waals surface area contributed by atoms with Gasteiger partial charge in [0.25, 0.3) is 0 Å². The maximum absolute atomic E-state index is 13.7. The predicted molar refractivity (Wildman–Crippen MR) is 122 cm³/mol. The molecule has 31 heavy (non-hydrogen) atoms. The van der Waals surface area contributed by atoms with Gasteiger partial charge in [-0.1, -0.05) is 48.5 Å². The molecular formula is C25H24N2O3S. The molecule has 1 aliphatic rings. The standard InChI is InChI=1S/C25H24N2O3S/c1-2-30-19-14-12-18(13-15-19)25-24-22(21-10-6-7-11-23(21)26-24)16-17-27(25)31(28,29)20-8-4-3-5-9-20/h3-15,25-26H,2,16-17H2,1H3. The maximum Gasteiger partial charge on any atom is 0.244 e. The lowest BCUT2D eigenvalue weighted by molar-refractivity contribution is 0.335. The second kappa shape index (κ2) is 7.87. The topological polar surface area (TPSA) is 62.4 Å². The summed E-state index contributed by atoms with van der Waals surface area (Å²) >= 11 is 0. The molecule has 6 heteroatoms. The van der Waals surface area contributed by atoms with Crippen molar-refractivity contribution in [1.29, 1.82) is 0 Å². The summed E-state index contributed by atoms with van der Waals surface area (Å²) in [5, 5.41) is 1.16. The smallest absolute Gasteiger partial charge is 0.244 e. The van der Waals surface area contributed by atoms with Crippen LogP contribution in [0.4, 0.5) is 0 Å². The van der Waals surface area contributed by atoms with E-state index in [2.05, 4.69) is 11.1 Å². The van der Waals surface area contributed by atoms with Gasteiger partial charge in [0.2, 0.25) is 10.0 Å². The molecule has 3 aromatic carbocycles. The zero-order valence-corrected chi connectivity index (χ0v) is 18.1. The number of fused-ring (bicyclic) bond motifs is 3. The van der Waals surface area contributed by atoms with E-state index in [0.29, 0.717) is 24.5 Å². The van der Waals surface area contributed by atoms with E-state index in [4.69, 9.17) is 4.74 Å². The number of ether oxygens (including phenoxy) is 1. The van der Waals surface area contributed by atoms with E-state index >= 15 is 0 Å². The molecule has 1 aliphatic heterocycles. The molecule has 0 aliphatic carbocycles. The fourth-order valence-corrected chi connectivity index (χ4v) is 6.06. The van der Waals surface area contributed by atoms with Crippen LogP contribution in [-0.2, 0) is 16.4 Å². The molecule has 1 atom stereocenters. The number of hydrogen-bond acceptors (Lipinski definition) is 3. The van der Waals surface area contributed by atoms with Crippen LogP contribution in [0.1, 0.15) is 29.8 Å². The lowest BCUT2D eigenvalue weighted by Gasteiger charge is -2.35. The number of rotatable bonds is 5. The second-order valence-corrected chi connectivity index (χ2v) is 9.54. The minimum absolute atomic E-state index is 0.311. The number of aromatic amines is 1. The van der Waals surface area contributed by atoms with E-state index in [9.17, 15) is 8.42 Å². The Balaban J connectivity index is 1.68. The highest BCUT2D eigenvalue weighted by atomic mass is 32.2. The number of aromatic nitrogens is 1. The van der Waals surface area contributed by atoms with Crippen molar-refractivity contribution >= 4 is 20.9 Å². The van der Waals surface area contributed by atoms with Gasteiger partial charge in [-0.05, 0) is 54.8 Å². The Bertz CT molecular complexity index is 1310. The molecule has 1 unspecified atom stereocenters. The van der Waals surface area contributed by atoms with Crippen LogP contribution in [0.3, 0.4) is 0 Å². The van der Waals surface area contributed by atoms with Gasteiger partial charge in [-0.15, -0.1) is 0 Å². The molecule has 1 aromatic heterocycles. The van der Waals surface area contributed by atoms with Crippen LogP contribution in [0.25, 0.3) is 10.9 Å². The van der Waals surface area contributed by atoms with Crippen molar-refractivity contribution in [2.45, 2.75) is 24.3 Å². The van der Waals surface area contributed by atoms with Crippen molar-refractivity contribution in [3.63, 3.8) is 0 Å². The Kier molecular flexibility index (Phi) is 5.04. The fraction of sp³-hybridized carbons (Fsp3) is 0.200. The number of benzene rings is 3. The molecule has 0 fully saturated rings. The minimum atomic E-state index is -3.68. The van der Waals surface area contributed by atoms with Gasteiger partial charge in [0.15, 0.2) is 0 Å². The Labute approximate surface area is 182 Å². The van der Waals surface area contributed by atoms with Gasteiger partial charge >= 0.3 is 0 Å². The summed E-state index contributed by atoms with van der Waals surface area (Å²) in [6.45, 7) is 2.95. The van der Waals surface area contributed by atoms with Crippen molar-refractivity contribution in [1.82, 2.24) is 9.29 Å². The van der Waals surface area contributed by atoms with E-state index in [0.717, 1.165) is 27.9 Å². The molecule has 5 rings (SSSR count). The van der Waals surface area contributed by atoms with Gasteiger partial charge in [-0.25, -0.2) is 8.42 Å². The third-order valence-corrected chi connectivity index (χ3v) is 7.73. The van der Waals surface area contributed by atoms with Crippen LogP contribution in [0.15, 0.2) is 83.8 Å². The largest absolute Gasteiger partial charge is 0.494 e. The summed E-state index contributed by atoms with van der Waals surface area (Å²) in [5.41, 5.74) is 4.07. The molecule has 4 aromatic rings. The second-order valence-electron chi connectivity index (χ2n) is 7.65. The molecule has 0 bridgehead atoms. The third kappa shape index (κ3) is 3.42. The zero-order valence-electron chi connectivity index (χ0n) is 17.3. The summed E-state index contributed by atoms with van der Waals surface area (Å²) in [7, 11) is -3.68. The lowest BCUT2D eigenvalue weighted by atomic mass is 9.94. The Morgan fingerprint density at radius 3 is 2.42 bits per heavy atom. The van der Waals surface area contributed by atoms with Gasteiger partial charge in [-0.3, -0.25) is 0 Å². The first-order chi connectivity index (χ1) is 15.1. The predicted octanol–water partition coefficient (Wildman–Crippen LogP) is 4.90. The van der Waals surface area contributed by atoms with E-state index < -0.39 is 16.1 Å². The molecular weight excluding hydrogens is 408 g/mol. The SMILES string of the molecule is CCOc1ccc(C2c3[nH]c4ccccc4c3CCN2S(=O)(=O)c2ccccc2)cc1. The Morgan fingerprint density at radius 1 is 0.968 bits per heavy atom. The van der Waals surface area contributed by atoms with E-state index in [1.165, 1.54) is 5.56 Å². The van der Waals surface area contributed by atoms with Crippen molar-refractivity contribution < 1.29 is 13.2 Å². The van der Waals surface area contributed by atoms with Crippen LogP contribution in [0, 0.1) is 0 Å². The average molecular weight is 433 g/mol. The summed E-state index contributed by atoms with van der Waals surface area (Å²) < 4.78 is 34.5. The molecule has 0 spiro atoms. The van der Waals surface area contributed by atoms with Crippen LogP contribution >= 0.6 is 0 Å². The molecule has 5 nitrogen and oxygen atoms in total. The van der Waals surface area contributed by atoms with E-state index in [1.54, 1.807) is 28.6 Å². The Hall–Kier alpha value is -3.09. The van der Waals surface area contributed by atoms with Crippen LogP contribution in [0.5, 0.6) is 5.75 Å². The molecule has 0 saturated carbocycles. The first-order valence-corrected chi connectivity index (χ1v) is 11.9. The maximum atomic E-state index is 13.7. The molecule has 2 heterocycles. The summed E-state index contributed by atoms with van der Waals surface area (Å²) in [5.74, 6) is 0.774. The first kappa shape index (κ1) is 19.8. The van der Waals surface area contributed by atoms with Gasteiger partial charge in [0, 0.05) is 23.1 Å². The number of sulfonamides is 1. The van der Waals surface area contributed by atoms with Crippen LogP contribution < -0.4 is 4.74 Å². The first-order valence-electron chi connectivity index (χ1n) is 10.5. The fourth-order valence-electron chi connectivity index (χ4n) is 4.45. The van der Waals surface area contributed by atoms with Crippen LogP contribution in [0.2, 0.25) is 0 Å². The number of H-pyrrole nitrogens is 1. The molecule has 158 valence electrons. The number of hydrogen-bond donors (Lipinski definition) is 1. The summed E-state index contributed by atoms with van der Waals surface area (Å²) in [6, 6.07) is 24.1. The molecule has 0 radical (unpaired) electrons. The molecule has 1 N–H and O–H groups in total. The summed E-state index contributed by atoms with van der Waals surface area (Å²) in [4.78, 5) is 3.83. The van der Waals surface area contributed by atoms with Gasteiger partial charge in [0.05, 0.1) is 17.5 Å². The lowest BCUT2D eigenvalue weighted by Crippen LogP contribution is -2.40. The van der Waals surface area contributed by atoms with Crippen molar-refractivity contribution in [3.8, 4) is 5.75 Å². The average Bonchev–Trinajstić information content (AvgIpc) is 3.19. The van der Waals surface area contributed by atoms with Gasteiger partial charge < -0.3 is 9.72 Å².